The molecular formula is C13H12O5. The van der Waals surface area contributed by atoms with Gasteiger partial charge < -0.3 is 9.47 Å². The van der Waals surface area contributed by atoms with Crippen LogP contribution in [0.2, 0.25) is 0 Å². The number of carbonyl (C=O) groups is 3. The van der Waals surface area contributed by atoms with E-state index in [9.17, 15) is 14.4 Å². The van der Waals surface area contributed by atoms with Crippen LogP contribution in [0, 0.1) is 0 Å². The van der Waals surface area contributed by atoms with Crippen LogP contribution in [0.4, 0.5) is 0 Å². The Bertz CT molecular complexity index is 532. The fourth-order valence-electron chi connectivity index (χ4n) is 1.79. The number of hydrogen-bond acceptors (Lipinski definition) is 5. The lowest BCUT2D eigenvalue weighted by atomic mass is 10.1. The summed E-state index contributed by atoms with van der Waals surface area (Å²) < 4.78 is 9.85. The third-order valence-electron chi connectivity index (χ3n) is 2.77. The van der Waals surface area contributed by atoms with E-state index in [2.05, 4.69) is 0 Å². The highest BCUT2D eigenvalue weighted by atomic mass is 16.6. The first kappa shape index (κ1) is 12.3. The monoisotopic (exact) mass is 248 g/mol. The lowest BCUT2D eigenvalue weighted by Crippen LogP contribution is -2.28. The lowest BCUT2D eigenvalue weighted by molar-refractivity contribution is -0.144. The van der Waals surface area contributed by atoms with E-state index in [1.54, 1.807) is 13.0 Å². The fraction of sp³-hybridized carbons (Fsp3) is 0.308. The van der Waals surface area contributed by atoms with E-state index >= 15 is 0 Å². The van der Waals surface area contributed by atoms with Crippen LogP contribution in [0.25, 0.3) is 0 Å². The molecule has 0 fully saturated rings. The molecular weight excluding hydrogens is 236 g/mol. The van der Waals surface area contributed by atoms with Gasteiger partial charge in [0.25, 0.3) is 0 Å². The molecule has 1 unspecified atom stereocenters. The van der Waals surface area contributed by atoms with Gasteiger partial charge in [-0.3, -0.25) is 14.4 Å². The van der Waals surface area contributed by atoms with E-state index in [0.29, 0.717) is 5.75 Å². The summed E-state index contributed by atoms with van der Waals surface area (Å²) in [6.45, 7) is 1.60. The van der Waals surface area contributed by atoms with Crippen LogP contribution in [-0.2, 0) is 9.53 Å². The molecule has 0 amide bonds. The minimum atomic E-state index is -1.33. The van der Waals surface area contributed by atoms with Crippen LogP contribution in [0.3, 0.4) is 0 Å². The summed E-state index contributed by atoms with van der Waals surface area (Å²) in [6.07, 6.45) is -1.21. The molecule has 1 aliphatic rings. The van der Waals surface area contributed by atoms with Gasteiger partial charge >= 0.3 is 5.97 Å². The lowest BCUT2D eigenvalue weighted by Gasteiger charge is -2.07. The summed E-state index contributed by atoms with van der Waals surface area (Å²) in [4.78, 5) is 35.1. The number of carbonyl (C=O) groups excluding carboxylic acids is 3. The predicted octanol–water partition coefficient (Wildman–Crippen LogP) is 1.40. The Kier molecular flexibility index (Phi) is 3.14. The minimum absolute atomic E-state index is 0.122. The summed E-state index contributed by atoms with van der Waals surface area (Å²) in [5.41, 5.74) is 0.517. The molecule has 0 spiro atoms. The third-order valence-corrected chi connectivity index (χ3v) is 2.77. The smallest absolute Gasteiger partial charge is 0.306 e. The molecule has 0 heterocycles. The molecule has 5 nitrogen and oxygen atoms in total. The molecule has 0 N–H and O–H groups in total. The van der Waals surface area contributed by atoms with E-state index in [-0.39, 0.29) is 17.5 Å². The highest BCUT2D eigenvalue weighted by Gasteiger charge is 2.41. The van der Waals surface area contributed by atoms with E-state index in [4.69, 9.17) is 9.47 Å². The van der Waals surface area contributed by atoms with Gasteiger partial charge in [0.05, 0.1) is 7.11 Å². The molecule has 1 aliphatic carbocycles. The number of benzene rings is 1. The van der Waals surface area contributed by atoms with Gasteiger partial charge in [-0.1, -0.05) is 6.92 Å². The predicted molar refractivity (Wildman–Crippen MR) is 61.8 cm³/mol. The number of fused-ring (bicyclic) bond motifs is 1. The van der Waals surface area contributed by atoms with Crippen LogP contribution in [-0.4, -0.2) is 30.7 Å². The van der Waals surface area contributed by atoms with Gasteiger partial charge in [-0.05, 0) is 18.2 Å². The topological polar surface area (TPSA) is 69.7 Å². The van der Waals surface area contributed by atoms with Crippen molar-refractivity contribution >= 4 is 17.5 Å². The average molecular weight is 248 g/mol. The number of esters is 1. The zero-order chi connectivity index (χ0) is 13.3. The van der Waals surface area contributed by atoms with Crippen molar-refractivity contribution in [2.24, 2.45) is 0 Å². The van der Waals surface area contributed by atoms with Gasteiger partial charge in [0, 0.05) is 17.5 Å². The molecule has 18 heavy (non-hydrogen) atoms. The molecule has 0 saturated heterocycles. The molecule has 0 saturated carbocycles. The fourth-order valence-corrected chi connectivity index (χ4v) is 1.79. The largest absolute Gasteiger partial charge is 0.497 e. The summed E-state index contributed by atoms with van der Waals surface area (Å²) in [6, 6.07) is 4.58. The molecule has 94 valence electrons. The first-order valence-electron chi connectivity index (χ1n) is 5.54. The standard InChI is InChI=1S/C13H12O5/c1-3-10(14)18-13-11(15)8-5-4-7(17-2)6-9(8)12(13)16/h4-6,13H,3H2,1-2H3. The SMILES string of the molecule is CCC(=O)OC1C(=O)c2ccc(OC)cc2C1=O. The Morgan fingerprint density at radius 1 is 1.22 bits per heavy atom. The highest BCUT2D eigenvalue weighted by molar-refractivity contribution is 6.29. The number of methoxy groups -OCH3 is 1. The van der Waals surface area contributed by atoms with Gasteiger partial charge in [-0.25, -0.2) is 0 Å². The quantitative estimate of drug-likeness (QED) is 0.597. The molecule has 1 aromatic carbocycles. The van der Waals surface area contributed by atoms with Crippen molar-refractivity contribution in [3.63, 3.8) is 0 Å². The van der Waals surface area contributed by atoms with Crippen LogP contribution < -0.4 is 4.74 Å². The molecule has 0 aromatic heterocycles. The average Bonchev–Trinajstić information content (AvgIpc) is 2.63. The summed E-state index contributed by atoms with van der Waals surface area (Å²) in [7, 11) is 1.47. The van der Waals surface area contributed by atoms with Gasteiger partial charge in [0.15, 0.2) is 0 Å². The number of ketones is 2. The molecule has 5 heteroatoms. The van der Waals surface area contributed by atoms with E-state index in [0.717, 1.165) is 0 Å². The van der Waals surface area contributed by atoms with Crippen molar-refractivity contribution in [2.45, 2.75) is 19.4 Å². The van der Waals surface area contributed by atoms with Crippen molar-refractivity contribution in [1.82, 2.24) is 0 Å². The van der Waals surface area contributed by atoms with Crippen LogP contribution in [0.15, 0.2) is 18.2 Å². The van der Waals surface area contributed by atoms with E-state index < -0.39 is 23.6 Å². The van der Waals surface area contributed by atoms with E-state index in [1.807, 2.05) is 0 Å². The number of rotatable bonds is 3. The Balaban J connectivity index is 2.34. The summed E-state index contributed by atoms with van der Waals surface area (Å²) in [5, 5.41) is 0. The molecule has 0 bridgehead atoms. The summed E-state index contributed by atoms with van der Waals surface area (Å²) >= 11 is 0. The van der Waals surface area contributed by atoms with Gasteiger partial charge in [-0.2, -0.15) is 0 Å². The first-order valence-corrected chi connectivity index (χ1v) is 5.54. The second-order valence-electron chi connectivity index (χ2n) is 3.86. The molecule has 0 radical (unpaired) electrons. The van der Waals surface area contributed by atoms with Crippen molar-refractivity contribution < 1.29 is 23.9 Å². The van der Waals surface area contributed by atoms with Crippen LogP contribution >= 0.6 is 0 Å². The number of ether oxygens (including phenoxy) is 2. The van der Waals surface area contributed by atoms with Crippen molar-refractivity contribution in [2.75, 3.05) is 7.11 Å². The molecule has 2 rings (SSSR count). The molecule has 1 atom stereocenters. The van der Waals surface area contributed by atoms with Gasteiger partial charge in [-0.15, -0.1) is 0 Å². The normalized spacial score (nSPS) is 17.6. The third kappa shape index (κ3) is 1.88. The Labute approximate surface area is 104 Å². The Morgan fingerprint density at radius 2 is 1.89 bits per heavy atom. The zero-order valence-corrected chi connectivity index (χ0v) is 10.1. The molecule has 1 aromatic rings. The maximum absolute atomic E-state index is 12.0. The van der Waals surface area contributed by atoms with Crippen molar-refractivity contribution in [3.05, 3.63) is 29.3 Å². The van der Waals surface area contributed by atoms with Crippen LogP contribution in [0.5, 0.6) is 5.75 Å². The van der Waals surface area contributed by atoms with Gasteiger partial charge in [0.1, 0.15) is 5.75 Å². The number of Topliss-reactive ketones (excluding diaryl/α,β-unsaturated/α-hetero) is 2. The van der Waals surface area contributed by atoms with Gasteiger partial charge in [0.2, 0.25) is 17.7 Å². The second-order valence-corrected chi connectivity index (χ2v) is 3.86. The first-order chi connectivity index (χ1) is 8.58. The summed E-state index contributed by atoms with van der Waals surface area (Å²) in [5.74, 6) is -1.05. The zero-order valence-electron chi connectivity index (χ0n) is 10.1. The molecule has 0 aliphatic heterocycles. The second kappa shape index (κ2) is 4.60. The Morgan fingerprint density at radius 3 is 2.50 bits per heavy atom. The Hall–Kier alpha value is -2.17. The van der Waals surface area contributed by atoms with E-state index in [1.165, 1.54) is 19.2 Å². The maximum Gasteiger partial charge on any atom is 0.306 e. The minimum Gasteiger partial charge on any atom is -0.497 e. The maximum atomic E-state index is 12.0. The number of hydrogen-bond donors (Lipinski definition) is 0. The van der Waals surface area contributed by atoms with Crippen molar-refractivity contribution in [3.8, 4) is 5.75 Å². The van der Waals surface area contributed by atoms with Crippen LogP contribution in [0.1, 0.15) is 34.1 Å². The highest BCUT2D eigenvalue weighted by Crippen LogP contribution is 2.28. The van der Waals surface area contributed by atoms with Crippen molar-refractivity contribution in [1.29, 1.82) is 0 Å².